The number of ether oxygens (including phenoxy) is 1. The minimum Gasteiger partial charge on any atom is -0.477 e. The van der Waals surface area contributed by atoms with Gasteiger partial charge in [-0.25, -0.2) is 27.3 Å². The van der Waals surface area contributed by atoms with Gasteiger partial charge in [0.2, 0.25) is 0 Å². The summed E-state index contributed by atoms with van der Waals surface area (Å²) in [6.07, 6.45) is 0. The molecule has 0 amide bonds. The quantitative estimate of drug-likeness (QED) is 0.880. The van der Waals surface area contributed by atoms with Crippen molar-refractivity contribution in [3.05, 3.63) is 53.0 Å². The summed E-state index contributed by atoms with van der Waals surface area (Å²) < 4.78 is 61.1. The molecule has 0 unspecified atom stereocenters. The van der Waals surface area contributed by atoms with E-state index >= 15 is 0 Å². The smallest absolute Gasteiger partial charge is 0.354 e. The number of hydrogen-bond donors (Lipinski definition) is 1. The van der Waals surface area contributed by atoms with Crippen molar-refractivity contribution in [2.45, 2.75) is 5.67 Å². The van der Waals surface area contributed by atoms with E-state index in [1.165, 1.54) is 0 Å². The third-order valence-electron chi connectivity index (χ3n) is 3.52. The Hall–Kier alpha value is -2.48. The number of carboxylic acids is 1. The van der Waals surface area contributed by atoms with Gasteiger partial charge in [-0.3, -0.25) is 0 Å². The second-order valence-corrected chi connectivity index (χ2v) is 5.11. The molecule has 1 aromatic heterocycles. The molecule has 0 radical (unpaired) electrons. The molecule has 4 nitrogen and oxygen atoms in total. The fraction of sp³-hybridized carbons (Fsp3) is 0.200. The highest BCUT2D eigenvalue weighted by molar-refractivity contribution is 5.86. The summed E-state index contributed by atoms with van der Waals surface area (Å²) in [4.78, 5) is 14.3. The minimum atomic E-state index is -1.99. The van der Waals surface area contributed by atoms with Crippen LogP contribution in [0.25, 0.3) is 11.3 Å². The molecule has 120 valence electrons. The fourth-order valence-corrected chi connectivity index (χ4v) is 2.24. The first-order chi connectivity index (χ1) is 10.8. The first-order valence-electron chi connectivity index (χ1n) is 6.48. The minimum absolute atomic E-state index is 0.266. The molecule has 0 saturated carbocycles. The van der Waals surface area contributed by atoms with Gasteiger partial charge in [0.15, 0.2) is 5.67 Å². The molecule has 23 heavy (non-hydrogen) atoms. The summed E-state index contributed by atoms with van der Waals surface area (Å²) in [6.45, 7) is -0.654. The summed E-state index contributed by atoms with van der Waals surface area (Å²) in [5.41, 5.74) is -4.46. The lowest BCUT2D eigenvalue weighted by molar-refractivity contribution is -0.135. The summed E-state index contributed by atoms with van der Waals surface area (Å²) in [7, 11) is 0. The van der Waals surface area contributed by atoms with Crippen molar-refractivity contribution in [2.24, 2.45) is 0 Å². The Morgan fingerprint density at radius 2 is 1.74 bits per heavy atom. The molecule has 0 aliphatic carbocycles. The van der Waals surface area contributed by atoms with Crippen LogP contribution in [0.1, 0.15) is 16.1 Å². The Labute approximate surface area is 127 Å². The van der Waals surface area contributed by atoms with Gasteiger partial charge >= 0.3 is 5.97 Å². The monoisotopic (exact) mass is 327 g/mol. The zero-order valence-corrected chi connectivity index (χ0v) is 11.4. The van der Waals surface area contributed by atoms with Crippen LogP contribution >= 0.6 is 0 Å². The molecule has 0 spiro atoms. The molecule has 1 aromatic carbocycles. The van der Waals surface area contributed by atoms with Crippen molar-refractivity contribution in [3.8, 4) is 11.3 Å². The van der Waals surface area contributed by atoms with Crippen molar-refractivity contribution in [2.75, 3.05) is 13.2 Å². The lowest BCUT2D eigenvalue weighted by Gasteiger charge is -2.34. The van der Waals surface area contributed by atoms with Crippen LogP contribution in [0, 0.1) is 17.5 Å². The number of rotatable bonds is 3. The predicted molar refractivity (Wildman–Crippen MR) is 70.1 cm³/mol. The molecule has 3 rings (SSSR count). The van der Waals surface area contributed by atoms with Gasteiger partial charge in [0, 0.05) is 0 Å². The van der Waals surface area contributed by atoms with Gasteiger partial charge in [0.05, 0.1) is 18.8 Å². The second kappa shape index (κ2) is 5.31. The van der Waals surface area contributed by atoms with E-state index < -0.39 is 46.0 Å². The molecule has 1 saturated heterocycles. The average molecular weight is 327 g/mol. The molecule has 8 heteroatoms. The zero-order valence-electron chi connectivity index (χ0n) is 11.4. The predicted octanol–water partition coefficient (Wildman–Crippen LogP) is 3.06. The lowest BCUT2D eigenvalue weighted by atomic mass is 9.92. The zero-order chi connectivity index (χ0) is 16.8. The van der Waals surface area contributed by atoms with Crippen LogP contribution in [0.3, 0.4) is 0 Å². The SMILES string of the molecule is O=C(O)c1ccc(F)c(-c2c(F)cc(C3(F)COC3)cc2F)n1. The summed E-state index contributed by atoms with van der Waals surface area (Å²) in [5.74, 6) is -5.05. The van der Waals surface area contributed by atoms with Crippen molar-refractivity contribution in [3.63, 3.8) is 0 Å². The summed E-state index contributed by atoms with van der Waals surface area (Å²) in [5, 5.41) is 8.84. The maximum Gasteiger partial charge on any atom is 0.354 e. The molecular formula is C15H9F4NO3. The number of carbonyl (C=O) groups is 1. The van der Waals surface area contributed by atoms with Crippen molar-refractivity contribution in [1.29, 1.82) is 0 Å². The third kappa shape index (κ3) is 2.55. The van der Waals surface area contributed by atoms with Crippen LogP contribution in [0.15, 0.2) is 24.3 Å². The molecule has 0 bridgehead atoms. The fourth-order valence-electron chi connectivity index (χ4n) is 2.24. The number of alkyl halides is 1. The van der Waals surface area contributed by atoms with E-state index in [4.69, 9.17) is 9.84 Å². The topological polar surface area (TPSA) is 59.4 Å². The number of carboxylic acid groups (broad SMARTS) is 1. The molecule has 1 N–H and O–H groups in total. The van der Waals surface area contributed by atoms with Crippen LogP contribution < -0.4 is 0 Å². The van der Waals surface area contributed by atoms with E-state index in [0.717, 1.165) is 24.3 Å². The van der Waals surface area contributed by atoms with Gasteiger partial charge in [-0.1, -0.05) is 0 Å². The standard InChI is InChI=1S/C15H9F4NO3/c16-8-1-2-11(14(21)22)20-13(8)12-9(17)3-7(4-10(12)18)15(19)5-23-6-15/h1-4H,5-6H2,(H,21,22). The van der Waals surface area contributed by atoms with E-state index in [9.17, 15) is 22.4 Å². The molecule has 1 aliphatic heterocycles. The number of halogens is 4. The van der Waals surface area contributed by atoms with Gasteiger partial charge in [-0.2, -0.15) is 0 Å². The Morgan fingerprint density at radius 1 is 1.13 bits per heavy atom. The Kier molecular flexibility index (Phi) is 3.56. The first-order valence-corrected chi connectivity index (χ1v) is 6.48. The van der Waals surface area contributed by atoms with E-state index in [1.807, 2.05) is 0 Å². The molecule has 2 aromatic rings. The van der Waals surface area contributed by atoms with Crippen molar-refractivity contribution in [1.82, 2.24) is 4.98 Å². The van der Waals surface area contributed by atoms with Crippen molar-refractivity contribution >= 4 is 5.97 Å². The molecule has 2 heterocycles. The summed E-state index contributed by atoms with van der Waals surface area (Å²) >= 11 is 0. The Bertz CT molecular complexity index is 782. The van der Waals surface area contributed by atoms with Crippen LogP contribution in [-0.2, 0) is 10.4 Å². The number of nitrogens with zero attached hydrogens (tertiary/aromatic N) is 1. The highest BCUT2D eigenvalue weighted by atomic mass is 19.2. The van der Waals surface area contributed by atoms with E-state index in [-0.39, 0.29) is 18.8 Å². The van der Waals surface area contributed by atoms with Crippen LogP contribution in [0.5, 0.6) is 0 Å². The number of hydrogen-bond acceptors (Lipinski definition) is 3. The number of aromatic nitrogens is 1. The highest BCUT2D eigenvalue weighted by Crippen LogP contribution is 2.37. The molecular weight excluding hydrogens is 318 g/mol. The maximum absolute atomic E-state index is 14.2. The van der Waals surface area contributed by atoms with Gasteiger partial charge in [0.1, 0.15) is 28.8 Å². The van der Waals surface area contributed by atoms with E-state index in [2.05, 4.69) is 4.98 Å². The molecule has 1 fully saturated rings. The Morgan fingerprint density at radius 3 is 2.22 bits per heavy atom. The number of aromatic carboxylic acids is 1. The number of pyridine rings is 1. The highest BCUT2D eigenvalue weighted by Gasteiger charge is 2.41. The second-order valence-electron chi connectivity index (χ2n) is 5.11. The van der Waals surface area contributed by atoms with Crippen LogP contribution in [0.2, 0.25) is 0 Å². The third-order valence-corrected chi connectivity index (χ3v) is 3.52. The van der Waals surface area contributed by atoms with Gasteiger partial charge < -0.3 is 9.84 Å². The Balaban J connectivity index is 2.14. The lowest BCUT2D eigenvalue weighted by Crippen LogP contribution is -2.42. The average Bonchev–Trinajstić information content (AvgIpc) is 2.45. The number of benzene rings is 1. The van der Waals surface area contributed by atoms with Gasteiger partial charge in [-0.15, -0.1) is 0 Å². The van der Waals surface area contributed by atoms with Crippen LogP contribution in [0.4, 0.5) is 17.6 Å². The molecule has 1 aliphatic rings. The van der Waals surface area contributed by atoms with Gasteiger partial charge in [0.25, 0.3) is 0 Å². The van der Waals surface area contributed by atoms with E-state index in [0.29, 0.717) is 0 Å². The van der Waals surface area contributed by atoms with Crippen LogP contribution in [-0.4, -0.2) is 29.3 Å². The van der Waals surface area contributed by atoms with Crippen molar-refractivity contribution < 1.29 is 32.2 Å². The molecule has 0 atom stereocenters. The largest absolute Gasteiger partial charge is 0.477 e. The first kappa shape index (κ1) is 15.4. The normalized spacial score (nSPS) is 16.0. The summed E-state index contributed by atoms with van der Waals surface area (Å²) in [6, 6.07) is 3.08. The van der Waals surface area contributed by atoms with Gasteiger partial charge in [-0.05, 0) is 29.8 Å². The van der Waals surface area contributed by atoms with E-state index in [1.54, 1.807) is 0 Å². The maximum atomic E-state index is 14.2.